The topological polar surface area (TPSA) is 66.9 Å². The minimum Gasteiger partial charge on any atom is -0.465 e. The number of nitrogens with zero attached hydrogens (tertiary/aromatic N) is 2. The second kappa shape index (κ2) is 7.67. The average Bonchev–Trinajstić information content (AvgIpc) is 3.08. The molecule has 1 fully saturated rings. The molecule has 0 amide bonds. The fourth-order valence-electron chi connectivity index (χ4n) is 3.01. The van der Waals surface area contributed by atoms with Crippen molar-refractivity contribution in [2.24, 2.45) is 0 Å². The number of hydrogen-bond acceptors (Lipinski definition) is 6. The summed E-state index contributed by atoms with van der Waals surface area (Å²) in [6, 6.07) is 10.4. The zero-order valence-electron chi connectivity index (χ0n) is 14.4. The molecule has 1 unspecified atom stereocenters. The van der Waals surface area contributed by atoms with Crippen molar-refractivity contribution in [1.29, 1.82) is 0 Å². The first-order valence-electron chi connectivity index (χ1n) is 8.03. The number of hydrogen-bond donors (Lipinski definition) is 0. The summed E-state index contributed by atoms with van der Waals surface area (Å²) in [5.41, 5.74) is 1.45. The van der Waals surface area contributed by atoms with Gasteiger partial charge in [-0.25, -0.2) is 13.2 Å². The molecule has 1 aliphatic heterocycles. The molecule has 0 saturated carbocycles. The number of ether oxygens (including phenoxy) is 1. The Morgan fingerprint density at radius 1 is 1.19 bits per heavy atom. The first kappa shape index (κ1) is 19.3. The summed E-state index contributed by atoms with van der Waals surface area (Å²) in [6.07, 6.45) is 0. The zero-order chi connectivity index (χ0) is 18.9. The van der Waals surface area contributed by atoms with Crippen molar-refractivity contribution >= 4 is 48.9 Å². The van der Waals surface area contributed by atoms with Crippen molar-refractivity contribution in [2.75, 3.05) is 31.6 Å². The van der Waals surface area contributed by atoms with Gasteiger partial charge < -0.3 is 9.64 Å². The first-order chi connectivity index (χ1) is 12.3. The van der Waals surface area contributed by atoms with E-state index in [0.29, 0.717) is 29.4 Å². The second-order valence-corrected chi connectivity index (χ2v) is 10.6. The largest absolute Gasteiger partial charge is 0.465 e. The van der Waals surface area contributed by atoms with Crippen LogP contribution in [0.15, 0.2) is 44.4 Å². The fraction of sp³-hybridized carbons (Fsp3) is 0.353. The third-order valence-corrected chi connectivity index (χ3v) is 8.44. The normalized spacial score (nSPS) is 18.7. The van der Waals surface area contributed by atoms with Crippen LogP contribution in [0.3, 0.4) is 0 Å². The molecule has 140 valence electrons. The van der Waals surface area contributed by atoms with E-state index >= 15 is 0 Å². The Kier molecular flexibility index (Phi) is 5.71. The van der Waals surface area contributed by atoms with Gasteiger partial charge in [-0.05, 0) is 59.3 Å². The second-order valence-electron chi connectivity index (χ2n) is 6.01. The van der Waals surface area contributed by atoms with Gasteiger partial charge in [0.25, 0.3) is 10.0 Å². The Labute approximate surface area is 165 Å². The molecule has 0 radical (unpaired) electrons. The highest BCUT2D eigenvalue weighted by Crippen LogP contribution is 2.31. The Hall–Kier alpha value is -1.42. The summed E-state index contributed by atoms with van der Waals surface area (Å²) in [6.45, 7) is 3.50. The van der Waals surface area contributed by atoms with E-state index in [2.05, 4.69) is 20.8 Å². The van der Waals surface area contributed by atoms with E-state index in [1.807, 2.05) is 19.1 Å². The summed E-state index contributed by atoms with van der Waals surface area (Å²) in [4.78, 5) is 13.7. The maximum absolute atomic E-state index is 12.9. The summed E-state index contributed by atoms with van der Waals surface area (Å²) < 4.78 is 33.1. The molecule has 1 aromatic carbocycles. The van der Waals surface area contributed by atoms with Gasteiger partial charge in [-0.15, -0.1) is 11.3 Å². The zero-order valence-corrected chi connectivity index (χ0v) is 17.6. The van der Waals surface area contributed by atoms with Crippen LogP contribution in [0.4, 0.5) is 5.69 Å². The van der Waals surface area contributed by atoms with Gasteiger partial charge in [0, 0.05) is 31.4 Å². The third-order valence-electron chi connectivity index (χ3n) is 4.33. The molecule has 26 heavy (non-hydrogen) atoms. The van der Waals surface area contributed by atoms with Crippen molar-refractivity contribution in [3.8, 4) is 0 Å². The van der Waals surface area contributed by atoms with Gasteiger partial charge in [-0.3, -0.25) is 0 Å². The van der Waals surface area contributed by atoms with Crippen molar-refractivity contribution in [1.82, 2.24) is 4.31 Å². The number of halogens is 1. The lowest BCUT2D eigenvalue weighted by atomic mass is 10.1. The quantitative estimate of drug-likeness (QED) is 0.658. The molecule has 9 heteroatoms. The molecule has 1 aromatic heterocycles. The van der Waals surface area contributed by atoms with Gasteiger partial charge in [0.1, 0.15) is 4.21 Å². The number of sulfonamides is 1. The van der Waals surface area contributed by atoms with Crippen LogP contribution in [0, 0.1) is 0 Å². The van der Waals surface area contributed by atoms with Gasteiger partial charge >= 0.3 is 5.97 Å². The molecule has 1 atom stereocenters. The smallest absolute Gasteiger partial charge is 0.337 e. The predicted octanol–water partition coefficient (Wildman–Crippen LogP) is 3.20. The maximum atomic E-state index is 12.9. The van der Waals surface area contributed by atoms with Crippen LogP contribution in [0.25, 0.3) is 0 Å². The molecule has 0 aliphatic carbocycles. The minimum absolute atomic E-state index is 0.157. The van der Waals surface area contributed by atoms with Crippen molar-refractivity contribution < 1.29 is 17.9 Å². The summed E-state index contributed by atoms with van der Waals surface area (Å²) in [5.74, 6) is -0.372. The monoisotopic (exact) mass is 458 g/mol. The molecule has 3 rings (SSSR count). The molecule has 6 nitrogen and oxygen atoms in total. The summed E-state index contributed by atoms with van der Waals surface area (Å²) in [7, 11) is -2.13. The standard InChI is InChI=1S/C17H19BrN2O4S2/c1-12-11-19(14-5-3-13(4-6-14)17(21)24-2)9-10-20(12)26(22,23)16-8-7-15(18)25-16/h3-8,12H,9-11H2,1-2H3. The number of methoxy groups -OCH3 is 1. The molecule has 0 N–H and O–H groups in total. The molecule has 1 aliphatic rings. The highest BCUT2D eigenvalue weighted by molar-refractivity contribution is 9.11. The Bertz CT molecular complexity index is 896. The molecule has 0 bridgehead atoms. The lowest BCUT2D eigenvalue weighted by molar-refractivity contribution is 0.0600. The van der Waals surface area contributed by atoms with E-state index in [0.717, 1.165) is 9.47 Å². The number of carbonyl (C=O) groups excluding carboxylic acids is 1. The van der Waals surface area contributed by atoms with E-state index in [-0.39, 0.29) is 12.0 Å². The Morgan fingerprint density at radius 2 is 1.88 bits per heavy atom. The van der Waals surface area contributed by atoms with Gasteiger partial charge in [0.2, 0.25) is 0 Å². The first-order valence-corrected chi connectivity index (χ1v) is 11.1. The van der Waals surface area contributed by atoms with Crippen LogP contribution in [0.1, 0.15) is 17.3 Å². The Morgan fingerprint density at radius 3 is 2.42 bits per heavy atom. The Balaban J connectivity index is 1.73. The van der Waals surface area contributed by atoms with Crippen molar-refractivity contribution in [3.05, 3.63) is 45.7 Å². The lowest BCUT2D eigenvalue weighted by Crippen LogP contribution is -2.53. The van der Waals surface area contributed by atoms with Gasteiger partial charge in [-0.1, -0.05) is 0 Å². The number of carbonyl (C=O) groups is 1. The number of benzene rings is 1. The molecular weight excluding hydrogens is 440 g/mol. The fourth-order valence-corrected chi connectivity index (χ4v) is 6.76. The molecular formula is C17H19BrN2O4S2. The van der Waals surface area contributed by atoms with E-state index in [1.165, 1.54) is 18.4 Å². The van der Waals surface area contributed by atoms with Crippen LogP contribution in [0.5, 0.6) is 0 Å². The molecule has 2 heterocycles. The van der Waals surface area contributed by atoms with Crippen LogP contribution >= 0.6 is 27.3 Å². The van der Waals surface area contributed by atoms with Crippen molar-refractivity contribution in [2.45, 2.75) is 17.2 Å². The average molecular weight is 459 g/mol. The summed E-state index contributed by atoms with van der Waals surface area (Å²) >= 11 is 4.54. The number of thiophene rings is 1. The summed E-state index contributed by atoms with van der Waals surface area (Å²) in [5, 5.41) is 0. The SMILES string of the molecule is COC(=O)c1ccc(N2CCN(S(=O)(=O)c3ccc(Br)s3)C(C)C2)cc1. The number of anilines is 1. The highest BCUT2D eigenvalue weighted by Gasteiger charge is 2.34. The van der Waals surface area contributed by atoms with E-state index in [1.54, 1.807) is 28.6 Å². The van der Waals surface area contributed by atoms with E-state index in [9.17, 15) is 13.2 Å². The van der Waals surface area contributed by atoms with Crippen LogP contribution in [-0.4, -0.2) is 51.5 Å². The van der Waals surface area contributed by atoms with E-state index in [4.69, 9.17) is 4.74 Å². The minimum atomic E-state index is -3.48. The third kappa shape index (κ3) is 3.80. The molecule has 1 saturated heterocycles. The van der Waals surface area contributed by atoms with Gasteiger partial charge in [-0.2, -0.15) is 4.31 Å². The maximum Gasteiger partial charge on any atom is 0.337 e. The van der Waals surface area contributed by atoms with Crippen LogP contribution in [-0.2, 0) is 14.8 Å². The van der Waals surface area contributed by atoms with Crippen LogP contribution in [0.2, 0.25) is 0 Å². The van der Waals surface area contributed by atoms with Crippen LogP contribution < -0.4 is 4.90 Å². The molecule has 2 aromatic rings. The van der Waals surface area contributed by atoms with Gasteiger partial charge in [0.15, 0.2) is 0 Å². The van der Waals surface area contributed by atoms with Gasteiger partial charge in [0.05, 0.1) is 16.5 Å². The lowest BCUT2D eigenvalue weighted by Gasteiger charge is -2.39. The number of piperazine rings is 1. The van der Waals surface area contributed by atoms with Crippen molar-refractivity contribution in [3.63, 3.8) is 0 Å². The molecule has 0 spiro atoms. The predicted molar refractivity (Wildman–Crippen MR) is 105 cm³/mol. The number of esters is 1. The van der Waals surface area contributed by atoms with E-state index < -0.39 is 10.0 Å². The number of rotatable bonds is 4. The highest BCUT2D eigenvalue weighted by atomic mass is 79.9.